The lowest BCUT2D eigenvalue weighted by atomic mass is 10.0. The minimum absolute atomic E-state index is 0.686. The molecule has 0 fully saturated rings. The topological polar surface area (TPSA) is 41.8 Å². The number of hydrogen-bond acceptors (Lipinski definition) is 1. The molecule has 114 valence electrons. The first-order valence-corrected chi connectivity index (χ1v) is 8.21. The summed E-state index contributed by atoms with van der Waals surface area (Å²) in [6.07, 6.45) is 3.05. The molecule has 1 aromatic heterocycles. The second-order valence-electron chi connectivity index (χ2n) is 5.39. The summed E-state index contributed by atoms with van der Waals surface area (Å²) in [6, 6.07) is 13.9. The molecule has 0 aliphatic carbocycles. The maximum atomic E-state index is 6.39. The Morgan fingerprint density at radius 2 is 1.82 bits per heavy atom. The first-order chi connectivity index (χ1) is 10.7. The van der Waals surface area contributed by atoms with Gasteiger partial charge >= 0.3 is 0 Å². The van der Waals surface area contributed by atoms with Crippen LogP contribution < -0.4 is 5.73 Å². The minimum atomic E-state index is 0.686. The smallest absolute Gasteiger partial charge is 0.0512 e. The normalized spacial score (nSPS) is 11.2. The second-order valence-corrected chi connectivity index (χ2v) is 6.24. The number of aromatic amines is 1. The van der Waals surface area contributed by atoms with E-state index >= 15 is 0 Å². The zero-order valence-electron chi connectivity index (χ0n) is 12.2. The first kappa shape index (κ1) is 15.4. The molecule has 0 amide bonds. The van der Waals surface area contributed by atoms with Gasteiger partial charge in [0.15, 0.2) is 0 Å². The van der Waals surface area contributed by atoms with Crippen LogP contribution in [0, 0.1) is 0 Å². The van der Waals surface area contributed by atoms with Gasteiger partial charge in [0.2, 0.25) is 0 Å². The van der Waals surface area contributed by atoms with Crippen LogP contribution in [0.4, 0.5) is 0 Å². The molecular formula is C18H18Cl2N2. The monoisotopic (exact) mass is 332 g/mol. The minimum Gasteiger partial charge on any atom is -0.354 e. The Hall–Kier alpha value is -1.48. The quantitative estimate of drug-likeness (QED) is 0.601. The summed E-state index contributed by atoms with van der Waals surface area (Å²) in [4.78, 5) is 3.50. The van der Waals surface area contributed by atoms with Gasteiger partial charge in [0.1, 0.15) is 0 Å². The number of aromatic nitrogens is 1. The number of nitrogens with two attached hydrogens (primary N) is 1. The highest BCUT2D eigenvalue weighted by Gasteiger charge is 2.15. The van der Waals surface area contributed by atoms with Gasteiger partial charge in [0.05, 0.1) is 5.69 Å². The van der Waals surface area contributed by atoms with Crippen LogP contribution in [0.2, 0.25) is 10.0 Å². The molecule has 0 radical (unpaired) electrons. The summed E-state index contributed by atoms with van der Waals surface area (Å²) in [6.45, 7) is 0.718. The Morgan fingerprint density at radius 1 is 1.00 bits per heavy atom. The van der Waals surface area contributed by atoms with Crippen molar-refractivity contribution < 1.29 is 0 Å². The predicted molar refractivity (Wildman–Crippen MR) is 95.7 cm³/mol. The van der Waals surface area contributed by atoms with E-state index < -0.39 is 0 Å². The van der Waals surface area contributed by atoms with Crippen molar-refractivity contribution in [3.05, 3.63) is 58.1 Å². The van der Waals surface area contributed by atoms with E-state index in [-0.39, 0.29) is 0 Å². The van der Waals surface area contributed by atoms with E-state index in [0.717, 1.165) is 42.6 Å². The molecule has 22 heavy (non-hydrogen) atoms. The molecule has 2 aromatic carbocycles. The predicted octanol–water partition coefficient (Wildman–Crippen LogP) is 5.42. The molecule has 0 aliphatic rings. The van der Waals surface area contributed by atoms with Crippen LogP contribution in [0.25, 0.3) is 22.2 Å². The van der Waals surface area contributed by atoms with Crippen LogP contribution in [0.3, 0.4) is 0 Å². The summed E-state index contributed by atoms with van der Waals surface area (Å²) in [7, 11) is 0. The lowest BCUT2D eigenvalue weighted by molar-refractivity contribution is 0.748. The summed E-state index contributed by atoms with van der Waals surface area (Å²) < 4.78 is 0. The number of benzene rings is 2. The molecule has 1 heterocycles. The molecule has 0 saturated heterocycles. The molecule has 4 heteroatoms. The van der Waals surface area contributed by atoms with Gasteiger partial charge in [-0.25, -0.2) is 0 Å². The van der Waals surface area contributed by atoms with E-state index in [2.05, 4.69) is 23.2 Å². The second kappa shape index (κ2) is 6.74. The Labute approximate surface area is 140 Å². The van der Waals surface area contributed by atoms with E-state index in [9.17, 15) is 0 Å². The van der Waals surface area contributed by atoms with Crippen molar-refractivity contribution >= 4 is 34.1 Å². The van der Waals surface area contributed by atoms with E-state index in [0.29, 0.717) is 10.0 Å². The summed E-state index contributed by atoms with van der Waals surface area (Å²) in [5.41, 5.74) is 10.0. The van der Waals surface area contributed by atoms with Crippen LogP contribution in [-0.2, 0) is 6.42 Å². The Kier molecular flexibility index (Phi) is 4.72. The van der Waals surface area contributed by atoms with Crippen molar-refractivity contribution in [1.29, 1.82) is 0 Å². The van der Waals surface area contributed by atoms with Gasteiger partial charge in [0.25, 0.3) is 0 Å². The van der Waals surface area contributed by atoms with Crippen LogP contribution in [0.15, 0.2) is 42.5 Å². The summed E-state index contributed by atoms with van der Waals surface area (Å²) >= 11 is 12.5. The van der Waals surface area contributed by atoms with Crippen LogP contribution in [-0.4, -0.2) is 11.5 Å². The molecule has 3 rings (SSSR count). The van der Waals surface area contributed by atoms with Crippen LogP contribution >= 0.6 is 23.2 Å². The van der Waals surface area contributed by atoms with Crippen LogP contribution in [0.5, 0.6) is 0 Å². The van der Waals surface area contributed by atoms with Crippen molar-refractivity contribution in [2.45, 2.75) is 19.3 Å². The van der Waals surface area contributed by atoms with Gasteiger partial charge in [-0.15, -0.1) is 0 Å². The summed E-state index contributed by atoms with van der Waals surface area (Å²) in [5.74, 6) is 0. The molecule has 0 aliphatic heterocycles. The molecule has 3 N–H and O–H groups in total. The van der Waals surface area contributed by atoms with E-state index in [1.807, 2.05) is 24.3 Å². The number of nitrogens with one attached hydrogen (secondary N) is 1. The molecule has 0 saturated carbocycles. The van der Waals surface area contributed by atoms with Gasteiger partial charge in [-0.2, -0.15) is 0 Å². The number of fused-ring (bicyclic) bond motifs is 1. The Bertz CT molecular complexity index is 793. The zero-order valence-corrected chi connectivity index (χ0v) is 13.7. The number of rotatable bonds is 5. The van der Waals surface area contributed by atoms with Gasteiger partial charge in [-0.1, -0.05) is 41.4 Å². The highest BCUT2D eigenvalue weighted by molar-refractivity contribution is 6.35. The van der Waals surface area contributed by atoms with E-state index in [1.165, 1.54) is 10.9 Å². The maximum absolute atomic E-state index is 6.39. The largest absolute Gasteiger partial charge is 0.354 e. The fraction of sp³-hybridized carbons (Fsp3) is 0.222. The average Bonchev–Trinajstić information content (AvgIpc) is 2.89. The third-order valence-electron chi connectivity index (χ3n) is 3.89. The summed E-state index contributed by atoms with van der Waals surface area (Å²) in [5, 5.41) is 2.63. The van der Waals surface area contributed by atoms with Crippen LogP contribution in [0.1, 0.15) is 18.4 Å². The number of para-hydroxylation sites is 1. The van der Waals surface area contributed by atoms with Gasteiger partial charge in [-0.3, -0.25) is 0 Å². The van der Waals surface area contributed by atoms with E-state index in [4.69, 9.17) is 28.9 Å². The highest BCUT2D eigenvalue weighted by Crippen LogP contribution is 2.36. The van der Waals surface area contributed by atoms with Crippen molar-refractivity contribution in [2.24, 2.45) is 5.73 Å². The lowest BCUT2D eigenvalue weighted by Gasteiger charge is -2.07. The van der Waals surface area contributed by atoms with Gasteiger partial charge in [-0.05, 0) is 55.6 Å². The molecule has 0 bridgehead atoms. The fourth-order valence-electron chi connectivity index (χ4n) is 2.82. The number of H-pyrrole nitrogens is 1. The fourth-order valence-corrected chi connectivity index (χ4v) is 3.21. The molecule has 3 aromatic rings. The average molecular weight is 333 g/mol. The molecular weight excluding hydrogens is 315 g/mol. The number of unbranched alkanes of at least 4 members (excludes halogenated alkanes) is 1. The van der Waals surface area contributed by atoms with Gasteiger partial charge < -0.3 is 10.7 Å². The third kappa shape index (κ3) is 3.00. The first-order valence-electron chi connectivity index (χ1n) is 7.46. The third-order valence-corrected chi connectivity index (χ3v) is 4.46. The van der Waals surface area contributed by atoms with Crippen molar-refractivity contribution in [1.82, 2.24) is 4.98 Å². The van der Waals surface area contributed by atoms with Crippen molar-refractivity contribution in [3.63, 3.8) is 0 Å². The number of hydrogen-bond donors (Lipinski definition) is 2. The molecule has 0 atom stereocenters. The standard InChI is InChI=1S/C18H18Cl2N2/c19-12-8-9-16(20)15(11-12)18-14(6-3-4-10-21)13-5-1-2-7-17(13)22-18/h1-2,5,7-9,11,22H,3-4,6,10,21H2. The number of halogens is 2. The highest BCUT2D eigenvalue weighted by atomic mass is 35.5. The molecule has 0 spiro atoms. The van der Waals surface area contributed by atoms with E-state index in [1.54, 1.807) is 0 Å². The van der Waals surface area contributed by atoms with Gasteiger partial charge in [0, 0.05) is 26.5 Å². The maximum Gasteiger partial charge on any atom is 0.0512 e. The number of aryl methyl sites for hydroxylation is 1. The zero-order chi connectivity index (χ0) is 15.5. The lowest BCUT2D eigenvalue weighted by Crippen LogP contribution is -1.99. The van der Waals surface area contributed by atoms with Crippen molar-refractivity contribution in [2.75, 3.05) is 6.54 Å². The van der Waals surface area contributed by atoms with Crippen molar-refractivity contribution in [3.8, 4) is 11.3 Å². The molecule has 0 unspecified atom stereocenters. The SMILES string of the molecule is NCCCCc1c(-c2cc(Cl)ccc2Cl)[nH]c2ccccc12. The Balaban J connectivity index is 2.15. The molecule has 2 nitrogen and oxygen atoms in total. The Morgan fingerprint density at radius 3 is 2.64 bits per heavy atom.